The molecule has 0 saturated carbocycles. The second-order valence-electron chi connectivity index (χ2n) is 7.25. The Morgan fingerprint density at radius 1 is 1.42 bits per heavy atom. The van der Waals surface area contributed by atoms with E-state index in [2.05, 4.69) is 28.4 Å². The lowest BCUT2D eigenvalue weighted by Crippen LogP contribution is -2.44. The molecular weight excluding hydrogens is 348 g/mol. The number of nitrogens with zero attached hydrogens (tertiary/aromatic N) is 3. The van der Waals surface area contributed by atoms with Gasteiger partial charge in [-0.25, -0.2) is 0 Å². The Kier molecular flexibility index (Phi) is 4.86. The quantitative estimate of drug-likeness (QED) is 0.893. The topological polar surface area (TPSA) is 59.4 Å². The highest BCUT2D eigenvalue weighted by atomic mass is 32.1. The summed E-state index contributed by atoms with van der Waals surface area (Å²) in [6.45, 7) is 6.23. The van der Waals surface area contributed by atoms with Crippen LogP contribution < -0.4 is 5.32 Å². The molecule has 0 aliphatic carbocycles. The Bertz CT molecular complexity index is 789. The van der Waals surface area contributed by atoms with E-state index in [1.54, 1.807) is 11.3 Å². The zero-order valence-electron chi connectivity index (χ0n) is 15.5. The molecule has 4 rings (SSSR count). The number of ether oxygens (including phenoxy) is 1. The number of amides is 1. The number of piperidine rings is 1. The minimum atomic E-state index is -0.175. The molecule has 0 aromatic carbocycles. The molecule has 0 atom stereocenters. The van der Waals surface area contributed by atoms with Crippen molar-refractivity contribution in [1.82, 2.24) is 20.0 Å². The van der Waals surface area contributed by atoms with Gasteiger partial charge in [0.25, 0.3) is 5.91 Å². The fourth-order valence-electron chi connectivity index (χ4n) is 3.83. The number of thiophene rings is 1. The monoisotopic (exact) mass is 374 g/mol. The molecule has 4 heterocycles. The molecule has 1 spiro atoms. The van der Waals surface area contributed by atoms with Gasteiger partial charge in [-0.2, -0.15) is 5.10 Å². The van der Waals surface area contributed by atoms with Gasteiger partial charge in [-0.3, -0.25) is 9.48 Å². The van der Waals surface area contributed by atoms with Crippen molar-refractivity contribution >= 4 is 17.2 Å². The molecule has 1 amide bonds. The third-order valence-electron chi connectivity index (χ3n) is 5.45. The summed E-state index contributed by atoms with van der Waals surface area (Å²) in [6.07, 6.45) is 6.70. The summed E-state index contributed by atoms with van der Waals surface area (Å²) in [5.74, 6) is -0.00303. The average molecular weight is 375 g/mol. The van der Waals surface area contributed by atoms with Crippen molar-refractivity contribution in [2.75, 3.05) is 26.7 Å². The maximum Gasteiger partial charge on any atom is 0.261 e. The number of aromatic nitrogens is 2. The SMILES string of the molecule is CCn1cc(CNC(=O)c2cc3c(s2)C2(CCN(C)CC2)OCC3)cn1. The zero-order valence-corrected chi connectivity index (χ0v) is 16.3. The number of aryl methyl sites for hydroxylation is 1. The zero-order chi connectivity index (χ0) is 18.1. The predicted octanol–water partition coefficient (Wildman–Crippen LogP) is 2.39. The van der Waals surface area contributed by atoms with Crippen LogP contribution in [0.3, 0.4) is 0 Å². The summed E-state index contributed by atoms with van der Waals surface area (Å²) in [4.78, 5) is 17.1. The molecule has 1 fully saturated rings. The van der Waals surface area contributed by atoms with Gasteiger partial charge >= 0.3 is 0 Å². The molecule has 0 radical (unpaired) electrons. The summed E-state index contributed by atoms with van der Waals surface area (Å²) >= 11 is 1.62. The van der Waals surface area contributed by atoms with Gasteiger partial charge in [0.2, 0.25) is 0 Å². The van der Waals surface area contributed by atoms with E-state index in [0.29, 0.717) is 6.54 Å². The Morgan fingerprint density at radius 3 is 2.96 bits per heavy atom. The Hall–Kier alpha value is -1.70. The van der Waals surface area contributed by atoms with Crippen LogP contribution in [-0.2, 0) is 29.8 Å². The lowest BCUT2D eigenvalue weighted by atomic mass is 9.85. The van der Waals surface area contributed by atoms with Crippen molar-refractivity contribution in [3.63, 3.8) is 0 Å². The Balaban J connectivity index is 1.48. The highest BCUT2D eigenvalue weighted by Crippen LogP contribution is 2.45. The van der Waals surface area contributed by atoms with Gasteiger partial charge in [-0.15, -0.1) is 11.3 Å². The first-order chi connectivity index (χ1) is 12.6. The number of carbonyl (C=O) groups is 1. The van der Waals surface area contributed by atoms with Gasteiger partial charge in [0, 0.05) is 42.8 Å². The third-order valence-corrected chi connectivity index (χ3v) is 6.82. The predicted molar refractivity (Wildman–Crippen MR) is 101 cm³/mol. The van der Waals surface area contributed by atoms with Crippen molar-refractivity contribution in [2.24, 2.45) is 0 Å². The Morgan fingerprint density at radius 2 is 2.23 bits per heavy atom. The lowest BCUT2D eigenvalue weighted by Gasteiger charge is -2.42. The summed E-state index contributed by atoms with van der Waals surface area (Å²) in [5.41, 5.74) is 2.15. The number of hydrogen-bond donors (Lipinski definition) is 1. The van der Waals surface area contributed by atoms with E-state index in [1.807, 2.05) is 24.0 Å². The second-order valence-corrected chi connectivity index (χ2v) is 8.30. The van der Waals surface area contributed by atoms with Crippen molar-refractivity contribution in [3.05, 3.63) is 39.3 Å². The summed E-state index contributed by atoms with van der Waals surface area (Å²) in [7, 11) is 2.16. The van der Waals surface area contributed by atoms with Crippen LogP contribution in [0.1, 0.15) is 45.4 Å². The number of hydrogen-bond acceptors (Lipinski definition) is 5. The molecule has 140 valence electrons. The summed E-state index contributed by atoms with van der Waals surface area (Å²) in [6, 6.07) is 2.08. The largest absolute Gasteiger partial charge is 0.369 e. The molecule has 0 bridgehead atoms. The van der Waals surface area contributed by atoms with Crippen molar-refractivity contribution in [1.29, 1.82) is 0 Å². The summed E-state index contributed by atoms with van der Waals surface area (Å²) in [5, 5.41) is 7.28. The van der Waals surface area contributed by atoms with Crippen molar-refractivity contribution in [3.8, 4) is 0 Å². The number of rotatable bonds is 4. The van der Waals surface area contributed by atoms with E-state index >= 15 is 0 Å². The van der Waals surface area contributed by atoms with E-state index in [-0.39, 0.29) is 11.5 Å². The first-order valence-corrected chi connectivity index (χ1v) is 10.2. The number of fused-ring (bicyclic) bond motifs is 2. The standard InChI is InChI=1S/C19H26N4O2S/c1-3-23-13-14(12-21-23)11-20-18(24)16-10-15-4-9-25-19(17(15)26-16)5-7-22(2)8-6-19/h10,12-13H,3-9,11H2,1-2H3,(H,20,24). The molecule has 6 nitrogen and oxygen atoms in total. The molecule has 2 aliphatic rings. The van der Waals surface area contributed by atoms with Gasteiger partial charge < -0.3 is 15.0 Å². The molecular formula is C19H26N4O2S. The van der Waals surface area contributed by atoms with Crippen LogP contribution in [0.15, 0.2) is 18.5 Å². The van der Waals surface area contributed by atoms with Crippen LogP contribution in [0.5, 0.6) is 0 Å². The molecule has 26 heavy (non-hydrogen) atoms. The van der Waals surface area contributed by atoms with Crippen LogP contribution in [0, 0.1) is 0 Å². The molecule has 7 heteroatoms. The fourth-order valence-corrected chi connectivity index (χ4v) is 5.15. The first kappa shape index (κ1) is 17.7. The highest BCUT2D eigenvalue weighted by molar-refractivity contribution is 7.14. The smallest absolute Gasteiger partial charge is 0.261 e. The van der Waals surface area contributed by atoms with Gasteiger partial charge in [0.1, 0.15) is 5.60 Å². The van der Waals surface area contributed by atoms with E-state index < -0.39 is 0 Å². The molecule has 2 aromatic heterocycles. The molecule has 1 saturated heterocycles. The number of nitrogens with one attached hydrogen (secondary N) is 1. The molecule has 0 unspecified atom stereocenters. The van der Waals surface area contributed by atoms with Gasteiger partial charge in [-0.1, -0.05) is 0 Å². The van der Waals surface area contributed by atoms with E-state index in [4.69, 9.17) is 4.74 Å². The highest BCUT2D eigenvalue weighted by Gasteiger charge is 2.42. The third kappa shape index (κ3) is 3.31. The molecule has 2 aliphatic heterocycles. The first-order valence-electron chi connectivity index (χ1n) is 9.35. The molecule has 1 N–H and O–H groups in total. The van der Waals surface area contributed by atoms with Crippen LogP contribution in [0.2, 0.25) is 0 Å². The number of carbonyl (C=O) groups excluding carboxylic acids is 1. The van der Waals surface area contributed by atoms with Crippen LogP contribution in [-0.4, -0.2) is 47.3 Å². The van der Waals surface area contributed by atoms with Gasteiger partial charge in [0.05, 0.1) is 17.7 Å². The van der Waals surface area contributed by atoms with E-state index in [1.165, 1.54) is 10.4 Å². The minimum absolute atomic E-state index is 0.00303. The van der Waals surface area contributed by atoms with Crippen LogP contribution >= 0.6 is 11.3 Å². The van der Waals surface area contributed by atoms with Crippen LogP contribution in [0.4, 0.5) is 0 Å². The number of likely N-dealkylation sites (tertiary alicyclic amines) is 1. The molecule has 2 aromatic rings. The van der Waals surface area contributed by atoms with Gasteiger partial charge in [0.15, 0.2) is 0 Å². The lowest BCUT2D eigenvalue weighted by molar-refractivity contribution is -0.0921. The summed E-state index contributed by atoms with van der Waals surface area (Å²) < 4.78 is 8.13. The average Bonchev–Trinajstić information content (AvgIpc) is 3.30. The fraction of sp³-hybridized carbons (Fsp3) is 0.579. The minimum Gasteiger partial charge on any atom is -0.369 e. The maximum atomic E-state index is 12.7. The maximum absolute atomic E-state index is 12.7. The second kappa shape index (κ2) is 7.13. The normalized spacial score (nSPS) is 19.5. The van der Waals surface area contributed by atoms with E-state index in [0.717, 1.165) is 55.9 Å². The Labute approximate surface area is 158 Å². The van der Waals surface area contributed by atoms with Crippen LogP contribution in [0.25, 0.3) is 0 Å². The van der Waals surface area contributed by atoms with E-state index in [9.17, 15) is 4.79 Å². The van der Waals surface area contributed by atoms with Crippen molar-refractivity contribution < 1.29 is 9.53 Å². The van der Waals surface area contributed by atoms with Crippen molar-refractivity contribution in [2.45, 2.75) is 44.9 Å². The van der Waals surface area contributed by atoms with Gasteiger partial charge in [-0.05, 0) is 44.9 Å².